The van der Waals surface area contributed by atoms with Gasteiger partial charge in [-0.1, -0.05) is 0 Å². The van der Waals surface area contributed by atoms with E-state index >= 15 is 0 Å². The molecule has 0 saturated carbocycles. The Balaban J connectivity index is 1.76. The molecule has 1 saturated heterocycles. The number of benzene rings is 1. The first-order valence-electron chi connectivity index (χ1n) is 10.7. The Labute approximate surface area is 187 Å². The van der Waals surface area contributed by atoms with Gasteiger partial charge in [0.2, 0.25) is 5.91 Å². The van der Waals surface area contributed by atoms with Crippen LogP contribution >= 0.6 is 0 Å². The van der Waals surface area contributed by atoms with E-state index in [1.807, 2.05) is 20.8 Å². The Kier molecular flexibility index (Phi) is 8.82. The molecule has 1 aliphatic rings. The van der Waals surface area contributed by atoms with E-state index < -0.39 is 29.5 Å². The summed E-state index contributed by atoms with van der Waals surface area (Å²) >= 11 is 0. The number of halogens is 1. The van der Waals surface area contributed by atoms with Gasteiger partial charge in [0.05, 0.1) is 18.8 Å². The summed E-state index contributed by atoms with van der Waals surface area (Å²) in [6.45, 7) is 6.75. The number of rotatable bonds is 6. The van der Waals surface area contributed by atoms with Gasteiger partial charge >= 0.3 is 12.2 Å². The molecule has 0 radical (unpaired) electrons. The minimum absolute atomic E-state index is 0.0585. The zero-order valence-corrected chi connectivity index (χ0v) is 19.1. The highest BCUT2D eigenvalue weighted by molar-refractivity contribution is 5.95. The van der Waals surface area contributed by atoms with Crippen molar-refractivity contribution < 1.29 is 28.2 Å². The number of nitrogens with zero attached hydrogens (tertiary/aromatic N) is 1. The quantitative estimate of drug-likeness (QED) is 0.605. The molecule has 0 aromatic heterocycles. The highest BCUT2D eigenvalue weighted by atomic mass is 19.1. The van der Waals surface area contributed by atoms with Gasteiger partial charge in [-0.2, -0.15) is 0 Å². The smallest absolute Gasteiger partial charge is 0.411 e. The van der Waals surface area contributed by atoms with Gasteiger partial charge in [0, 0.05) is 18.8 Å². The van der Waals surface area contributed by atoms with Gasteiger partial charge in [0.15, 0.2) is 0 Å². The molecule has 1 atom stereocenters. The SMILES string of the molecule is COC(=O)Nc1ccc(NC(=O)C(N)CCC2CCN(C(=O)OC(C)(C)C)CC2)cc1F. The van der Waals surface area contributed by atoms with Crippen molar-refractivity contribution in [2.75, 3.05) is 30.8 Å². The second-order valence-corrected chi connectivity index (χ2v) is 8.90. The molecule has 10 heteroatoms. The number of ether oxygens (including phenoxy) is 2. The molecular formula is C22H33FN4O5. The van der Waals surface area contributed by atoms with Crippen molar-refractivity contribution in [3.05, 3.63) is 24.0 Å². The molecule has 1 unspecified atom stereocenters. The molecule has 3 amide bonds. The first-order valence-corrected chi connectivity index (χ1v) is 10.7. The number of amides is 3. The molecule has 4 N–H and O–H groups in total. The first kappa shape index (κ1) is 25.4. The van der Waals surface area contributed by atoms with Crippen LogP contribution in [0.1, 0.15) is 46.5 Å². The van der Waals surface area contributed by atoms with E-state index in [-0.39, 0.29) is 17.5 Å². The summed E-state index contributed by atoms with van der Waals surface area (Å²) in [5.41, 5.74) is 5.68. The van der Waals surface area contributed by atoms with Crippen LogP contribution in [0.25, 0.3) is 0 Å². The van der Waals surface area contributed by atoms with Crippen molar-refractivity contribution >= 4 is 29.5 Å². The lowest BCUT2D eigenvalue weighted by molar-refractivity contribution is -0.117. The number of nitrogens with two attached hydrogens (primary N) is 1. The number of nitrogens with one attached hydrogen (secondary N) is 2. The third-order valence-electron chi connectivity index (χ3n) is 5.15. The molecule has 9 nitrogen and oxygen atoms in total. The summed E-state index contributed by atoms with van der Waals surface area (Å²) in [5.74, 6) is -0.753. The Morgan fingerprint density at radius 2 is 1.88 bits per heavy atom. The third kappa shape index (κ3) is 7.99. The van der Waals surface area contributed by atoms with Gasteiger partial charge in [-0.3, -0.25) is 10.1 Å². The maximum Gasteiger partial charge on any atom is 0.411 e. The Morgan fingerprint density at radius 3 is 2.44 bits per heavy atom. The monoisotopic (exact) mass is 452 g/mol. The maximum absolute atomic E-state index is 14.1. The van der Waals surface area contributed by atoms with E-state index in [2.05, 4.69) is 15.4 Å². The van der Waals surface area contributed by atoms with Gasteiger partial charge in [0.25, 0.3) is 0 Å². The second-order valence-electron chi connectivity index (χ2n) is 8.90. The van der Waals surface area contributed by atoms with E-state index in [0.717, 1.165) is 25.3 Å². The predicted octanol–water partition coefficient (Wildman–Crippen LogP) is 3.70. The molecule has 0 bridgehead atoms. The number of hydrogen-bond acceptors (Lipinski definition) is 6. The Hall–Kier alpha value is -2.88. The van der Waals surface area contributed by atoms with Crippen LogP contribution in [0.2, 0.25) is 0 Å². The fourth-order valence-electron chi connectivity index (χ4n) is 3.37. The van der Waals surface area contributed by atoms with Crippen LogP contribution in [-0.4, -0.2) is 54.8 Å². The van der Waals surface area contributed by atoms with Gasteiger partial charge < -0.3 is 25.4 Å². The van der Waals surface area contributed by atoms with Crippen molar-refractivity contribution in [2.24, 2.45) is 11.7 Å². The van der Waals surface area contributed by atoms with E-state index in [4.69, 9.17) is 10.5 Å². The minimum atomic E-state index is -0.792. The Morgan fingerprint density at radius 1 is 1.22 bits per heavy atom. The van der Waals surface area contributed by atoms with E-state index in [1.54, 1.807) is 4.90 Å². The van der Waals surface area contributed by atoms with Crippen molar-refractivity contribution in [1.29, 1.82) is 0 Å². The lowest BCUT2D eigenvalue weighted by Crippen LogP contribution is -2.42. The van der Waals surface area contributed by atoms with Crippen LogP contribution in [-0.2, 0) is 14.3 Å². The van der Waals surface area contributed by atoms with Crippen LogP contribution in [0.3, 0.4) is 0 Å². The summed E-state index contributed by atoms with van der Waals surface area (Å²) < 4.78 is 23.9. The number of piperidine rings is 1. The summed E-state index contributed by atoms with van der Waals surface area (Å²) in [4.78, 5) is 37.4. The van der Waals surface area contributed by atoms with Crippen LogP contribution in [0, 0.1) is 11.7 Å². The molecule has 1 aromatic carbocycles. The van der Waals surface area contributed by atoms with E-state index in [9.17, 15) is 18.8 Å². The largest absolute Gasteiger partial charge is 0.453 e. The second kappa shape index (κ2) is 11.1. The topological polar surface area (TPSA) is 123 Å². The molecular weight excluding hydrogens is 419 g/mol. The molecule has 1 fully saturated rings. The zero-order chi connectivity index (χ0) is 23.9. The lowest BCUT2D eigenvalue weighted by atomic mass is 9.90. The molecule has 0 spiro atoms. The van der Waals surface area contributed by atoms with E-state index in [0.29, 0.717) is 25.4 Å². The molecule has 1 heterocycles. The highest BCUT2D eigenvalue weighted by Crippen LogP contribution is 2.24. The molecule has 2 rings (SSSR count). The number of anilines is 2. The van der Waals surface area contributed by atoms with Gasteiger partial charge in [0.1, 0.15) is 11.4 Å². The fraction of sp³-hybridized carbons (Fsp3) is 0.591. The number of carbonyl (C=O) groups is 3. The number of carbonyl (C=O) groups excluding carboxylic acids is 3. The van der Waals surface area contributed by atoms with Crippen molar-refractivity contribution in [1.82, 2.24) is 4.90 Å². The summed E-state index contributed by atoms with van der Waals surface area (Å²) in [5, 5.41) is 4.83. The van der Waals surface area contributed by atoms with Gasteiger partial charge in [-0.15, -0.1) is 0 Å². The minimum Gasteiger partial charge on any atom is -0.453 e. The number of methoxy groups -OCH3 is 1. The predicted molar refractivity (Wildman–Crippen MR) is 119 cm³/mol. The fourth-order valence-corrected chi connectivity index (χ4v) is 3.37. The van der Waals surface area contributed by atoms with Crippen molar-refractivity contribution in [3.8, 4) is 0 Å². The number of likely N-dealkylation sites (tertiary alicyclic amines) is 1. The van der Waals surface area contributed by atoms with E-state index in [1.165, 1.54) is 19.2 Å². The molecule has 178 valence electrons. The number of hydrogen-bond donors (Lipinski definition) is 3. The van der Waals surface area contributed by atoms with Crippen molar-refractivity contribution in [2.45, 2.75) is 58.1 Å². The highest BCUT2D eigenvalue weighted by Gasteiger charge is 2.27. The first-order chi connectivity index (χ1) is 15.0. The summed E-state index contributed by atoms with van der Waals surface area (Å²) in [6.07, 6.45) is 1.80. The lowest BCUT2D eigenvalue weighted by Gasteiger charge is -2.33. The van der Waals surface area contributed by atoms with Gasteiger partial charge in [-0.25, -0.2) is 14.0 Å². The Bertz CT molecular complexity index is 819. The molecule has 1 aromatic rings. The summed E-state index contributed by atoms with van der Waals surface area (Å²) in [7, 11) is 1.17. The average molecular weight is 453 g/mol. The normalized spacial score (nSPS) is 15.6. The summed E-state index contributed by atoms with van der Waals surface area (Å²) in [6, 6.07) is 3.15. The van der Waals surface area contributed by atoms with Gasteiger partial charge in [-0.05, 0) is 70.6 Å². The van der Waals surface area contributed by atoms with Crippen LogP contribution < -0.4 is 16.4 Å². The standard InChI is InChI=1S/C22H33FN4O5/c1-22(2,3)32-21(30)27-11-9-14(10-12-27)5-7-17(24)19(28)25-15-6-8-18(16(23)13-15)26-20(29)31-4/h6,8,13-14,17H,5,7,9-12,24H2,1-4H3,(H,25,28)(H,26,29). The molecule has 1 aliphatic heterocycles. The zero-order valence-electron chi connectivity index (χ0n) is 19.1. The van der Waals surface area contributed by atoms with Crippen LogP contribution in [0.5, 0.6) is 0 Å². The molecule has 32 heavy (non-hydrogen) atoms. The molecule has 0 aliphatic carbocycles. The van der Waals surface area contributed by atoms with Crippen LogP contribution in [0.4, 0.5) is 25.4 Å². The third-order valence-corrected chi connectivity index (χ3v) is 5.15. The van der Waals surface area contributed by atoms with Crippen molar-refractivity contribution in [3.63, 3.8) is 0 Å². The van der Waals surface area contributed by atoms with Crippen LogP contribution in [0.15, 0.2) is 18.2 Å². The average Bonchev–Trinajstić information content (AvgIpc) is 2.72. The maximum atomic E-state index is 14.1.